The van der Waals surface area contributed by atoms with Gasteiger partial charge >= 0.3 is 0 Å². The molecule has 2 aromatic heterocycles. The van der Waals surface area contributed by atoms with E-state index in [9.17, 15) is 0 Å². The molecular formula is C15H15N5S2. The molecule has 0 bridgehead atoms. The zero-order valence-electron chi connectivity index (χ0n) is 11.8. The van der Waals surface area contributed by atoms with Crippen LogP contribution in [0.15, 0.2) is 47.8 Å². The molecule has 112 valence electrons. The van der Waals surface area contributed by atoms with Crippen molar-refractivity contribution in [2.24, 2.45) is 0 Å². The van der Waals surface area contributed by atoms with Crippen LogP contribution in [-0.4, -0.2) is 25.2 Å². The Hall–Kier alpha value is -2.12. The lowest BCUT2D eigenvalue weighted by Crippen LogP contribution is -2.09. The number of thiocarbonyl (C=S) groups is 1. The molecule has 5 nitrogen and oxygen atoms in total. The van der Waals surface area contributed by atoms with Gasteiger partial charge in [-0.15, -0.1) is 16.4 Å². The van der Waals surface area contributed by atoms with Crippen LogP contribution in [0, 0.1) is 0 Å². The topological polar surface area (TPSA) is 55.6 Å². The molecule has 0 radical (unpaired) electrons. The second kappa shape index (κ2) is 7.24. The SMILES string of the molecule is S=C(CCCc1nnnn1-c1ccccc1)Nc1cccs1. The maximum atomic E-state index is 5.36. The van der Waals surface area contributed by atoms with Crippen LogP contribution in [-0.2, 0) is 6.42 Å². The monoisotopic (exact) mass is 329 g/mol. The molecule has 3 aromatic rings. The van der Waals surface area contributed by atoms with Crippen molar-refractivity contribution >= 4 is 33.5 Å². The number of tetrazole rings is 1. The highest BCUT2D eigenvalue weighted by molar-refractivity contribution is 7.80. The predicted octanol–water partition coefficient (Wildman–Crippen LogP) is 3.49. The first-order valence-electron chi connectivity index (χ1n) is 6.99. The molecule has 0 fully saturated rings. The summed E-state index contributed by atoms with van der Waals surface area (Å²) in [6.07, 6.45) is 2.51. The van der Waals surface area contributed by atoms with Crippen molar-refractivity contribution in [2.45, 2.75) is 19.3 Å². The van der Waals surface area contributed by atoms with E-state index in [-0.39, 0.29) is 0 Å². The molecule has 0 atom stereocenters. The summed E-state index contributed by atoms with van der Waals surface area (Å²) in [6, 6.07) is 13.9. The maximum absolute atomic E-state index is 5.36. The van der Waals surface area contributed by atoms with E-state index in [1.165, 1.54) is 0 Å². The van der Waals surface area contributed by atoms with Gasteiger partial charge in [-0.2, -0.15) is 4.68 Å². The summed E-state index contributed by atoms with van der Waals surface area (Å²) >= 11 is 7.01. The zero-order valence-corrected chi connectivity index (χ0v) is 13.5. The minimum atomic E-state index is 0.786. The van der Waals surface area contributed by atoms with Crippen LogP contribution in [0.4, 0.5) is 5.00 Å². The number of anilines is 1. The number of aromatic nitrogens is 4. The highest BCUT2D eigenvalue weighted by Crippen LogP contribution is 2.16. The standard InChI is InChI=1S/C15H15N5S2/c21-14(16-15-10-5-11-22-15)9-4-8-13-17-18-19-20(13)12-6-2-1-3-7-12/h1-3,5-7,10-11H,4,8-9H2,(H,16,21). The Labute approximate surface area is 138 Å². The van der Waals surface area contributed by atoms with E-state index in [0.717, 1.165) is 40.8 Å². The molecule has 0 aliphatic carbocycles. The molecule has 0 unspecified atom stereocenters. The predicted molar refractivity (Wildman–Crippen MR) is 92.6 cm³/mol. The molecule has 22 heavy (non-hydrogen) atoms. The maximum Gasteiger partial charge on any atom is 0.156 e. The number of rotatable bonds is 6. The van der Waals surface area contributed by atoms with Gasteiger partial charge in [0.2, 0.25) is 0 Å². The van der Waals surface area contributed by atoms with Crippen LogP contribution in [0.5, 0.6) is 0 Å². The third kappa shape index (κ3) is 3.75. The van der Waals surface area contributed by atoms with Crippen molar-refractivity contribution in [3.05, 3.63) is 53.7 Å². The summed E-state index contributed by atoms with van der Waals surface area (Å²) in [7, 11) is 0. The van der Waals surface area contributed by atoms with Gasteiger partial charge in [-0.05, 0) is 52.9 Å². The molecule has 1 aromatic carbocycles. The molecule has 7 heteroatoms. The number of aryl methyl sites for hydroxylation is 1. The summed E-state index contributed by atoms with van der Waals surface area (Å²) in [6.45, 7) is 0. The van der Waals surface area contributed by atoms with Crippen molar-refractivity contribution in [2.75, 3.05) is 5.32 Å². The Morgan fingerprint density at radius 2 is 2.05 bits per heavy atom. The Morgan fingerprint density at radius 3 is 2.82 bits per heavy atom. The van der Waals surface area contributed by atoms with Gasteiger partial charge in [-0.3, -0.25) is 0 Å². The van der Waals surface area contributed by atoms with E-state index >= 15 is 0 Å². The van der Waals surface area contributed by atoms with Gasteiger partial charge in [0.05, 0.1) is 15.7 Å². The third-order valence-electron chi connectivity index (χ3n) is 3.12. The molecule has 0 saturated heterocycles. The van der Waals surface area contributed by atoms with E-state index in [1.54, 1.807) is 16.0 Å². The number of hydrogen-bond acceptors (Lipinski definition) is 5. The largest absolute Gasteiger partial charge is 0.342 e. The minimum absolute atomic E-state index is 0.786. The van der Waals surface area contributed by atoms with E-state index in [0.29, 0.717) is 0 Å². The van der Waals surface area contributed by atoms with Gasteiger partial charge in [-0.1, -0.05) is 30.4 Å². The van der Waals surface area contributed by atoms with E-state index in [1.807, 2.05) is 47.8 Å². The van der Waals surface area contributed by atoms with Crippen LogP contribution in [0.2, 0.25) is 0 Å². The van der Waals surface area contributed by atoms with Crippen LogP contribution >= 0.6 is 23.6 Å². The van der Waals surface area contributed by atoms with E-state index in [4.69, 9.17) is 12.2 Å². The van der Waals surface area contributed by atoms with Gasteiger partial charge in [-0.25, -0.2) is 0 Å². The highest BCUT2D eigenvalue weighted by Gasteiger charge is 2.08. The molecule has 0 aliphatic heterocycles. The lowest BCUT2D eigenvalue weighted by Gasteiger charge is -2.06. The van der Waals surface area contributed by atoms with Gasteiger partial charge in [0.25, 0.3) is 0 Å². The normalized spacial score (nSPS) is 10.5. The summed E-state index contributed by atoms with van der Waals surface area (Å²) in [5.74, 6) is 0.852. The Balaban J connectivity index is 1.54. The smallest absolute Gasteiger partial charge is 0.156 e. The lowest BCUT2D eigenvalue weighted by molar-refractivity contribution is 0.735. The fourth-order valence-electron chi connectivity index (χ4n) is 2.09. The molecule has 3 rings (SSSR count). The molecule has 0 aliphatic rings. The Kier molecular flexibility index (Phi) is 4.87. The fourth-order valence-corrected chi connectivity index (χ4v) is 3.05. The molecule has 0 amide bonds. The first kappa shape index (κ1) is 14.8. The van der Waals surface area contributed by atoms with Crippen LogP contribution in [0.25, 0.3) is 5.69 Å². The quantitative estimate of drug-likeness (QED) is 0.702. The molecule has 1 N–H and O–H groups in total. The van der Waals surface area contributed by atoms with E-state index < -0.39 is 0 Å². The van der Waals surface area contributed by atoms with Crippen LogP contribution in [0.3, 0.4) is 0 Å². The highest BCUT2D eigenvalue weighted by atomic mass is 32.1. The number of para-hydroxylation sites is 1. The molecule has 0 spiro atoms. The van der Waals surface area contributed by atoms with Crippen molar-refractivity contribution in [3.8, 4) is 5.69 Å². The first-order valence-corrected chi connectivity index (χ1v) is 8.28. The summed E-state index contributed by atoms with van der Waals surface area (Å²) < 4.78 is 1.77. The lowest BCUT2D eigenvalue weighted by atomic mass is 10.2. The van der Waals surface area contributed by atoms with Crippen LogP contribution in [0.1, 0.15) is 18.7 Å². The van der Waals surface area contributed by atoms with Crippen LogP contribution < -0.4 is 5.32 Å². The first-order chi connectivity index (χ1) is 10.8. The Morgan fingerprint density at radius 1 is 1.18 bits per heavy atom. The number of nitrogens with one attached hydrogen (secondary N) is 1. The second-order valence-corrected chi connectivity index (χ2v) is 6.16. The summed E-state index contributed by atoms with van der Waals surface area (Å²) in [5, 5.41) is 18.3. The van der Waals surface area contributed by atoms with Crippen molar-refractivity contribution in [1.29, 1.82) is 0 Å². The number of nitrogens with zero attached hydrogens (tertiary/aromatic N) is 4. The second-order valence-electron chi connectivity index (χ2n) is 4.72. The zero-order chi connectivity index (χ0) is 15.2. The van der Waals surface area contributed by atoms with Gasteiger partial charge in [0.1, 0.15) is 0 Å². The van der Waals surface area contributed by atoms with Crippen molar-refractivity contribution < 1.29 is 0 Å². The van der Waals surface area contributed by atoms with Gasteiger partial charge in [0.15, 0.2) is 5.82 Å². The fraction of sp³-hybridized carbons (Fsp3) is 0.200. The molecule has 0 saturated carbocycles. The number of thiophene rings is 1. The average Bonchev–Trinajstić information content (AvgIpc) is 3.20. The molecular weight excluding hydrogens is 314 g/mol. The molecule has 2 heterocycles. The van der Waals surface area contributed by atoms with Gasteiger partial charge < -0.3 is 5.32 Å². The van der Waals surface area contributed by atoms with Crippen molar-refractivity contribution in [3.63, 3.8) is 0 Å². The number of hydrogen-bond donors (Lipinski definition) is 1. The number of benzene rings is 1. The third-order valence-corrected chi connectivity index (χ3v) is 4.21. The minimum Gasteiger partial charge on any atom is -0.342 e. The average molecular weight is 329 g/mol. The van der Waals surface area contributed by atoms with Crippen molar-refractivity contribution in [1.82, 2.24) is 20.2 Å². The summed E-state index contributed by atoms with van der Waals surface area (Å²) in [4.78, 5) is 0.848. The Bertz CT molecular complexity index is 721. The summed E-state index contributed by atoms with van der Waals surface area (Å²) in [5.41, 5.74) is 0.974. The van der Waals surface area contributed by atoms with E-state index in [2.05, 4.69) is 20.8 Å². The van der Waals surface area contributed by atoms with Gasteiger partial charge in [0, 0.05) is 6.42 Å².